The van der Waals surface area contributed by atoms with E-state index in [1.54, 1.807) is 6.07 Å². The van der Waals surface area contributed by atoms with Crippen molar-refractivity contribution in [2.24, 2.45) is 0 Å². The maximum atomic E-state index is 13.1. The van der Waals surface area contributed by atoms with Crippen LogP contribution >= 0.6 is 15.9 Å². The minimum absolute atomic E-state index is 0.223. The van der Waals surface area contributed by atoms with Gasteiger partial charge in [-0.1, -0.05) is 64.5 Å². The van der Waals surface area contributed by atoms with Gasteiger partial charge in [0.05, 0.1) is 0 Å². The topological polar surface area (TPSA) is 12.0 Å². The first-order valence-electron chi connectivity index (χ1n) is 6.85. The molecule has 1 N–H and O–H groups in total. The van der Waals surface area contributed by atoms with E-state index in [1.165, 1.54) is 28.5 Å². The van der Waals surface area contributed by atoms with Crippen LogP contribution in [0.2, 0.25) is 0 Å². The second kappa shape index (κ2) is 6.37. The van der Waals surface area contributed by atoms with Crippen LogP contribution in [0.25, 0.3) is 10.8 Å². The molecule has 106 valence electrons. The van der Waals surface area contributed by atoms with E-state index in [9.17, 15) is 4.39 Å². The Morgan fingerprint density at radius 3 is 2.48 bits per heavy atom. The molecule has 0 atom stereocenters. The molecule has 0 aliphatic rings. The summed E-state index contributed by atoms with van der Waals surface area (Å²) in [6.45, 7) is 1.48. The molecule has 3 aromatic rings. The molecule has 0 fully saturated rings. The highest BCUT2D eigenvalue weighted by Gasteiger charge is 2.03. The van der Waals surface area contributed by atoms with E-state index in [0.29, 0.717) is 6.54 Å². The van der Waals surface area contributed by atoms with Gasteiger partial charge in [-0.3, -0.25) is 0 Å². The standard InChI is InChI=1S/C18H15BrFN/c19-18-10-16(20)9-8-15(18)12-21-11-14-6-3-5-13-4-1-2-7-17(13)14/h1-10,21H,11-12H2. The first kappa shape index (κ1) is 14.2. The van der Waals surface area contributed by atoms with E-state index in [1.807, 2.05) is 0 Å². The van der Waals surface area contributed by atoms with Gasteiger partial charge in [0.2, 0.25) is 0 Å². The maximum Gasteiger partial charge on any atom is 0.124 e. The van der Waals surface area contributed by atoms with Crippen LogP contribution in [0.15, 0.2) is 65.1 Å². The van der Waals surface area contributed by atoms with Crippen molar-refractivity contribution in [2.75, 3.05) is 0 Å². The largest absolute Gasteiger partial charge is 0.309 e. The fourth-order valence-electron chi connectivity index (χ4n) is 2.44. The molecule has 0 aliphatic carbocycles. The molecule has 0 unspecified atom stereocenters. The Morgan fingerprint density at radius 2 is 1.62 bits per heavy atom. The Hall–Kier alpha value is -1.71. The number of benzene rings is 3. The molecular formula is C18H15BrFN. The van der Waals surface area contributed by atoms with Gasteiger partial charge in [-0.2, -0.15) is 0 Å². The number of halogens is 2. The summed E-state index contributed by atoms with van der Waals surface area (Å²) in [5, 5.41) is 5.94. The Morgan fingerprint density at radius 1 is 0.857 bits per heavy atom. The quantitative estimate of drug-likeness (QED) is 0.700. The summed E-state index contributed by atoms with van der Waals surface area (Å²) in [5.74, 6) is -0.223. The number of hydrogen-bond acceptors (Lipinski definition) is 1. The molecule has 0 radical (unpaired) electrons. The fraction of sp³-hybridized carbons (Fsp3) is 0.111. The van der Waals surface area contributed by atoms with Crippen molar-refractivity contribution in [2.45, 2.75) is 13.1 Å². The van der Waals surface area contributed by atoms with Crippen molar-refractivity contribution in [3.05, 3.63) is 82.1 Å². The van der Waals surface area contributed by atoms with Gasteiger partial charge in [0.1, 0.15) is 5.82 Å². The SMILES string of the molecule is Fc1ccc(CNCc2cccc3ccccc23)c(Br)c1. The summed E-state index contributed by atoms with van der Waals surface area (Å²) in [6.07, 6.45) is 0. The van der Waals surface area contributed by atoms with Gasteiger partial charge >= 0.3 is 0 Å². The molecule has 3 rings (SSSR count). The van der Waals surface area contributed by atoms with Crippen LogP contribution < -0.4 is 5.32 Å². The van der Waals surface area contributed by atoms with Crippen LogP contribution in [0.4, 0.5) is 4.39 Å². The summed E-state index contributed by atoms with van der Waals surface area (Å²) >= 11 is 3.39. The van der Waals surface area contributed by atoms with Gasteiger partial charge in [0.15, 0.2) is 0 Å². The fourth-order valence-corrected chi connectivity index (χ4v) is 2.93. The number of rotatable bonds is 4. The first-order valence-corrected chi connectivity index (χ1v) is 7.64. The second-order valence-corrected chi connectivity index (χ2v) is 5.83. The zero-order valence-electron chi connectivity index (χ0n) is 11.4. The highest BCUT2D eigenvalue weighted by molar-refractivity contribution is 9.10. The predicted octanol–water partition coefficient (Wildman–Crippen LogP) is 5.03. The minimum Gasteiger partial charge on any atom is -0.309 e. The van der Waals surface area contributed by atoms with Gasteiger partial charge in [-0.15, -0.1) is 0 Å². The first-order chi connectivity index (χ1) is 10.2. The Balaban J connectivity index is 1.72. The molecule has 0 aromatic heterocycles. The smallest absolute Gasteiger partial charge is 0.124 e. The number of nitrogens with one attached hydrogen (secondary N) is 1. The Bertz CT molecular complexity index is 765. The summed E-state index contributed by atoms with van der Waals surface area (Å²) in [4.78, 5) is 0. The van der Waals surface area contributed by atoms with Crippen molar-refractivity contribution < 1.29 is 4.39 Å². The normalized spacial score (nSPS) is 11.0. The van der Waals surface area contributed by atoms with Crippen molar-refractivity contribution >= 4 is 26.7 Å². The van der Waals surface area contributed by atoms with Crippen LogP contribution in [-0.4, -0.2) is 0 Å². The van der Waals surface area contributed by atoms with Crippen molar-refractivity contribution in [1.29, 1.82) is 0 Å². The second-order valence-electron chi connectivity index (χ2n) is 4.98. The van der Waals surface area contributed by atoms with Crippen LogP contribution in [-0.2, 0) is 13.1 Å². The zero-order valence-corrected chi connectivity index (χ0v) is 13.0. The van der Waals surface area contributed by atoms with E-state index < -0.39 is 0 Å². The lowest BCUT2D eigenvalue weighted by atomic mass is 10.0. The average Bonchev–Trinajstić information content (AvgIpc) is 2.50. The van der Waals surface area contributed by atoms with Gasteiger partial charge < -0.3 is 5.32 Å². The third kappa shape index (κ3) is 3.31. The molecule has 0 saturated heterocycles. The Kier molecular flexibility index (Phi) is 4.32. The van der Waals surface area contributed by atoms with Gasteiger partial charge in [0.25, 0.3) is 0 Å². The van der Waals surface area contributed by atoms with E-state index in [0.717, 1.165) is 16.6 Å². The molecule has 0 aliphatic heterocycles. The van der Waals surface area contributed by atoms with Crippen molar-refractivity contribution in [3.8, 4) is 0 Å². The molecule has 3 heteroatoms. The van der Waals surface area contributed by atoms with E-state index in [-0.39, 0.29) is 5.82 Å². The molecule has 1 nitrogen and oxygen atoms in total. The van der Waals surface area contributed by atoms with E-state index >= 15 is 0 Å². The van der Waals surface area contributed by atoms with Crippen LogP contribution in [0.1, 0.15) is 11.1 Å². The molecule has 0 spiro atoms. The third-order valence-corrected chi connectivity index (χ3v) is 4.26. The van der Waals surface area contributed by atoms with Gasteiger partial charge in [-0.25, -0.2) is 4.39 Å². The summed E-state index contributed by atoms with van der Waals surface area (Å²) in [5.41, 5.74) is 2.32. The molecular weight excluding hydrogens is 329 g/mol. The number of hydrogen-bond donors (Lipinski definition) is 1. The van der Waals surface area contributed by atoms with E-state index in [4.69, 9.17) is 0 Å². The number of fused-ring (bicyclic) bond motifs is 1. The molecule has 0 heterocycles. The molecule has 0 bridgehead atoms. The van der Waals surface area contributed by atoms with Crippen molar-refractivity contribution in [1.82, 2.24) is 5.32 Å². The summed E-state index contributed by atoms with van der Waals surface area (Å²) in [7, 11) is 0. The minimum atomic E-state index is -0.223. The van der Waals surface area contributed by atoms with Crippen molar-refractivity contribution in [3.63, 3.8) is 0 Å². The van der Waals surface area contributed by atoms with Gasteiger partial charge in [-0.05, 0) is 34.0 Å². The highest BCUT2D eigenvalue weighted by atomic mass is 79.9. The highest BCUT2D eigenvalue weighted by Crippen LogP contribution is 2.20. The summed E-state index contributed by atoms with van der Waals surface area (Å²) < 4.78 is 13.9. The third-order valence-electron chi connectivity index (χ3n) is 3.53. The average molecular weight is 344 g/mol. The van der Waals surface area contributed by atoms with Gasteiger partial charge in [0, 0.05) is 17.6 Å². The van der Waals surface area contributed by atoms with Crippen LogP contribution in [0.5, 0.6) is 0 Å². The lowest BCUT2D eigenvalue weighted by Crippen LogP contribution is -2.13. The monoisotopic (exact) mass is 343 g/mol. The lowest BCUT2D eigenvalue weighted by molar-refractivity contribution is 0.623. The molecule has 0 saturated carbocycles. The molecule has 3 aromatic carbocycles. The Labute approximate surface area is 131 Å². The maximum absolute atomic E-state index is 13.1. The summed E-state index contributed by atoms with van der Waals surface area (Å²) in [6, 6.07) is 19.5. The van der Waals surface area contributed by atoms with E-state index in [2.05, 4.69) is 63.7 Å². The molecule has 0 amide bonds. The lowest BCUT2D eigenvalue weighted by Gasteiger charge is -2.09. The predicted molar refractivity (Wildman–Crippen MR) is 88.6 cm³/mol. The zero-order chi connectivity index (χ0) is 14.7. The van der Waals surface area contributed by atoms with Crippen LogP contribution in [0.3, 0.4) is 0 Å². The van der Waals surface area contributed by atoms with Crippen LogP contribution in [0, 0.1) is 5.82 Å². The molecule has 21 heavy (non-hydrogen) atoms.